The summed E-state index contributed by atoms with van der Waals surface area (Å²) in [4.78, 5) is 12.1. The fraction of sp³-hybridized carbons (Fsp3) is 0.300. The standard InChI is InChI=1S/C10H12ClN5/c11-9-6-14-10(15-7-9)13-2-1-4-16-5-3-12-8-16/h3,5-8H,1-2,4H2,(H,13,14,15). The molecule has 0 amide bonds. The average Bonchev–Trinajstić information content (AvgIpc) is 2.80. The Balaban J connectivity index is 1.70. The lowest BCUT2D eigenvalue weighted by molar-refractivity contribution is 0.659. The molecule has 0 aliphatic heterocycles. The molecule has 0 fully saturated rings. The zero-order valence-electron chi connectivity index (χ0n) is 8.67. The Morgan fingerprint density at radius 3 is 2.81 bits per heavy atom. The molecule has 0 unspecified atom stereocenters. The maximum Gasteiger partial charge on any atom is 0.222 e. The number of hydrogen-bond donors (Lipinski definition) is 1. The van der Waals surface area contributed by atoms with E-state index in [9.17, 15) is 0 Å². The molecule has 0 saturated heterocycles. The van der Waals surface area contributed by atoms with Crippen molar-refractivity contribution in [2.75, 3.05) is 11.9 Å². The highest BCUT2D eigenvalue weighted by molar-refractivity contribution is 6.30. The number of imidazole rings is 1. The highest BCUT2D eigenvalue weighted by Gasteiger charge is 1.95. The summed E-state index contributed by atoms with van der Waals surface area (Å²) in [5.74, 6) is 0.607. The SMILES string of the molecule is Clc1cnc(NCCCn2ccnc2)nc1. The van der Waals surface area contributed by atoms with Gasteiger partial charge in [0.15, 0.2) is 0 Å². The van der Waals surface area contributed by atoms with Gasteiger partial charge in [0.1, 0.15) is 0 Å². The predicted octanol–water partition coefficient (Wildman–Crippen LogP) is 1.83. The van der Waals surface area contributed by atoms with Gasteiger partial charge in [0, 0.05) is 25.5 Å². The van der Waals surface area contributed by atoms with Gasteiger partial charge in [-0.3, -0.25) is 0 Å². The van der Waals surface area contributed by atoms with Crippen molar-refractivity contribution in [1.29, 1.82) is 0 Å². The van der Waals surface area contributed by atoms with Gasteiger partial charge in [-0.15, -0.1) is 0 Å². The summed E-state index contributed by atoms with van der Waals surface area (Å²) in [6.07, 6.45) is 9.66. The smallest absolute Gasteiger partial charge is 0.222 e. The minimum absolute atomic E-state index is 0.545. The van der Waals surface area contributed by atoms with E-state index >= 15 is 0 Å². The predicted molar refractivity (Wildman–Crippen MR) is 62.4 cm³/mol. The monoisotopic (exact) mass is 237 g/mol. The molecule has 2 rings (SSSR count). The van der Waals surface area contributed by atoms with Gasteiger partial charge in [0.05, 0.1) is 23.7 Å². The largest absolute Gasteiger partial charge is 0.354 e. The van der Waals surface area contributed by atoms with Crippen molar-refractivity contribution in [1.82, 2.24) is 19.5 Å². The maximum atomic E-state index is 5.68. The second-order valence-electron chi connectivity index (χ2n) is 3.31. The van der Waals surface area contributed by atoms with E-state index in [4.69, 9.17) is 11.6 Å². The topological polar surface area (TPSA) is 55.6 Å². The average molecular weight is 238 g/mol. The highest BCUT2D eigenvalue weighted by atomic mass is 35.5. The summed E-state index contributed by atoms with van der Waals surface area (Å²) in [5.41, 5.74) is 0. The van der Waals surface area contributed by atoms with E-state index in [0.29, 0.717) is 11.0 Å². The molecule has 2 aromatic rings. The molecule has 16 heavy (non-hydrogen) atoms. The van der Waals surface area contributed by atoms with Crippen LogP contribution in [-0.2, 0) is 6.54 Å². The summed E-state index contributed by atoms with van der Waals surface area (Å²) in [6, 6.07) is 0. The Hall–Kier alpha value is -1.62. The zero-order chi connectivity index (χ0) is 11.2. The van der Waals surface area contributed by atoms with E-state index in [1.54, 1.807) is 24.9 Å². The Morgan fingerprint density at radius 2 is 2.12 bits per heavy atom. The van der Waals surface area contributed by atoms with Crippen LogP contribution in [0.3, 0.4) is 0 Å². The lowest BCUT2D eigenvalue weighted by Gasteiger charge is -2.04. The van der Waals surface area contributed by atoms with Crippen LogP contribution >= 0.6 is 11.6 Å². The van der Waals surface area contributed by atoms with Crippen molar-refractivity contribution < 1.29 is 0 Å². The van der Waals surface area contributed by atoms with E-state index in [1.807, 2.05) is 10.8 Å². The molecule has 0 saturated carbocycles. The summed E-state index contributed by atoms with van der Waals surface area (Å²) >= 11 is 5.68. The third-order valence-electron chi connectivity index (χ3n) is 2.06. The third kappa shape index (κ3) is 3.20. The van der Waals surface area contributed by atoms with Gasteiger partial charge in [-0.25, -0.2) is 15.0 Å². The Labute approximate surface area is 98.5 Å². The van der Waals surface area contributed by atoms with Crippen molar-refractivity contribution in [2.45, 2.75) is 13.0 Å². The van der Waals surface area contributed by atoms with Crippen molar-refractivity contribution in [3.63, 3.8) is 0 Å². The molecular formula is C10H12ClN5. The van der Waals surface area contributed by atoms with Crippen LogP contribution in [0.1, 0.15) is 6.42 Å². The summed E-state index contributed by atoms with van der Waals surface area (Å²) < 4.78 is 2.03. The van der Waals surface area contributed by atoms with E-state index in [1.165, 1.54) is 0 Å². The first-order valence-electron chi connectivity index (χ1n) is 5.02. The summed E-state index contributed by atoms with van der Waals surface area (Å²) in [5, 5.41) is 3.67. The molecule has 0 aliphatic carbocycles. The first kappa shape index (κ1) is 10.9. The Morgan fingerprint density at radius 1 is 1.31 bits per heavy atom. The Bertz CT molecular complexity index is 411. The van der Waals surface area contributed by atoms with Crippen molar-refractivity contribution >= 4 is 17.5 Å². The van der Waals surface area contributed by atoms with Crippen LogP contribution in [0.5, 0.6) is 0 Å². The lowest BCUT2D eigenvalue weighted by atomic mass is 10.4. The van der Waals surface area contributed by atoms with Crippen LogP contribution in [0.2, 0.25) is 5.02 Å². The molecule has 0 radical (unpaired) electrons. The molecule has 5 nitrogen and oxygen atoms in total. The van der Waals surface area contributed by atoms with Crippen LogP contribution in [0.4, 0.5) is 5.95 Å². The third-order valence-corrected chi connectivity index (χ3v) is 2.25. The number of aromatic nitrogens is 4. The molecule has 84 valence electrons. The molecule has 0 aliphatic rings. The van der Waals surface area contributed by atoms with Gasteiger partial charge in [-0.2, -0.15) is 0 Å². The molecule has 0 bridgehead atoms. The number of nitrogens with zero attached hydrogens (tertiary/aromatic N) is 4. The second kappa shape index (κ2) is 5.46. The van der Waals surface area contributed by atoms with E-state index in [0.717, 1.165) is 19.5 Å². The van der Waals surface area contributed by atoms with Crippen molar-refractivity contribution in [3.05, 3.63) is 36.1 Å². The van der Waals surface area contributed by atoms with Crippen molar-refractivity contribution in [3.8, 4) is 0 Å². The molecule has 0 atom stereocenters. The molecular weight excluding hydrogens is 226 g/mol. The van der Waals surface area contributed by atoms with Gasteiger partial charge in [-0.05, 0) is 6.42 Å². The molecule has 2 heterocycles. The van der Waals surface area contributed by atoms with Crippen LogP contribution in [0.25, 0.3) is 0 Å². The first-order valence-corrected chi connectivity index (χ1v) is 5.39. The second-order valence-corrected chi connectivity index (χ2v) is 3.74. The van der Waals surface area contributed by atoms with Gasteiger partial charge < -0.3 is 9.88 Å². The molecule has 0 spiro atoms. The number of anilines is 1. The molecule has 2 aromatic heterocycles. The highest BCUT2D eigenvalue weighted by Crippen LogP contribution is 2.05. The van der Waals surface area contributed by atoms with E-state index < -0.39 is 0 Å². The van der Waals surface area contributed by atoms with Crippen LogP contribution in [0, 0.1) is 0 Å². The number of aryl methyl sites for hydroxylation is 1. The number of hydrogen-bond acceptors (Lipinski definition) is 4. The fourth-order valence-corrected chi connectivity index (χ4v) is 1.38. The van der Waals surface area contributed by atoms with Crippen LogP contribution in [0.15, 0.2) is 31.1 Å². The van der Waals surface area contributed by atoms with Crippen LogP contribution < -0.4 is 5.32 Å². The quantitative estimate of drug-likeness (QED) is 0.807. The summed E-state index contributed by atoms with van der Waals surface area (Å²) in [7, 11) is 0. The van der Waals surface area contributed by atoms with Gasteiger partial charge in [-0.1, -0.05) is 11.6 Å². The first-order chi connectivity index (χ1) is 7.84. The molecule has 1 N–H and O–H groups in total. The Kier molecular flexibility index (Phi) is 3.71. The van der Waals surface area contributed by atoms with Gasteiger partial charge >= 0.3 is 0 Å². The van der Waals surface area contributed by atoms with E-state index in [2.05, 4.69) is 20.3 Å². The van der Waals surface area contributed by atoms with Gasteiger partial charge in [0.2, 0.25) is 5.95 Å². The van der Waals surface area contributed by atoms with Gasteiger partial charge in [0.25, 0.3) is 0 Å². The maximum absolute atomic E-state index is 5.68. The normalized spacial score (nSPS) is 10.3. The zero-order valence-corrected chi connectivity index (χ0v) is 9.43. The van der Waals surface area contributed by atoms with Crippen LogP contribution in [-0.4, -0.2) is 26.1 Å². The van der Waals surface area contributed by atoms with Crippen molar-refractivity contribution in [2.24, 2.45) is 0 Å². The molecule has 6 heteroatoms. The fourth-order valence-electron chi connectivity index (χ4n) is 1.28. The number of halogens is 1. The molecule has 0 aromatic carbocycles. The van der Waals surface area contributed by atoms with E-state index in [-0.39, 0.29) is 0 Å². The minimum atomic E-state index is 0.545. The number of rotatable bonds is 5. The lowest BCUT2D eigenvalue weighted by Crippen LogP contribution is -2.07. The summed E-state index contributed by atoms with van der Waals surface area (Å²) in [6.45, 7) is 1.75. The minimum Gasteiger partial charge on any atom is -0.354 e. The number of nitrogens with one attached hydrogen (secondary N) is 1.